The Kier molecular flexibility index (Phi) is 2.40. The van der Waals surface area contributed by atoms with E-state index in [1.165, 1.54) is 6.07 Å². The molecular weight excluding hydrogens is 181 g/mol. The Balaban J connectivity index is 2.24. The fourth-order valence-corrected chi connectivity index (χ4v) is 1.01. The van der Waals surface area contributed by atoms with Crippen molar-refractivity contribution in [2.75, 3.05) is 0 Å². The van der Waals surface area contributed by atoms with Gasteiger partial charge in [0.2, 0.25) is 0 Å². The first kappa shape index (κ1) is 8.69. The highest BCUT2D eigenvalue weighted by molar-refractivity contribution is 5.29. The topological polar surface area (TPSA) is 22.1 Å². The van der Waals surface area contributed by atoms with E-state index < -0.39 is 5.82 Å². The molecule has 0 bridgehead atoms. The molecule has 0 N–H and O–H groups in total. The second-order valence-electron chi connectivity index (χ2n) is 2.63. The van der Waals surface area contributed by atoms with E-state index in [-0.39, 0.29) is 5.75 Å². The fourth-order valence-electron chi connectivity index (χ4n) is 1.01. The molecule has 0 fully saturated rings. The number of benzene rings is 1. The quantitative estimate of drug-likeness (QED) is 0.722. The third kappa shape index (κ3) is 1.88. The van der Waals surface area contributed by atoms with Gasteiger partial charge in [0.25, 0.3) is 0 Å². The zero-order valence-electron chi connectivity index (χ0n) is 7.27. The van der Waals surface area contributed by atoms with Gasteiger partial charge >= 0.3 is 0 Å². The maximum Gasteiger partial charge on any atom is 0.173 e. The van der Waals surface area contributed by atoms with Crippen molar-refractivity contribution < 1.29 is 9.13 Å². The van der Waals surface area contributed by atoms with Crippen LogP contribution < -0.4 is 4.74 Å². The van der Waals surface area contributed by atoms with Gasteiger partial charge in [-0.3, -0.25) is 4.98 Å². The van der Waals surface area contributed by atoms with Crippen LogP contribution in [0.25, 0.3) is 0 Å². The molecule has 1 radical (unpaired) electrons. The van der Waals surface area contributed by atoms with E-state index in [0.717, 1.165) is 0 Å². The van der Waals surface area contributed by atoms with Gasteiger partial charge in [0.05, 0.1) is 0 Å². The SMILES string of the molecule is Fc1[c]cccc1Oc1ccncc1. The summed E-state index contributed by atoms with van der Waals surface area (Å²) < 4.78 is 18.3. The summed E-state index contributed by atoms with van der Waals surface area (Å²) >= 11 is 0. The molecule has 0 unspecified atom stereocenters. The van der Waals surface area contributed by atoms with E-state index in [9.17, 15) is 4.39 Å². The van der Waals surface area contributed by atoms with E-state index >= 15 is 0 Å². The van der Waals surface area contributed by atoms with E-state index in [0.29, 0.717) is 5.75 Å². The summed E-state index contributed by atoms with van der Waals surface area (Å²) in [6.45, 7) is 0. The highest BCUT2D eigenvalue weighted by Gasteiger charge is 2.02. The number of hydrogen-bond donors (Lipinski definition) is 0. The third-order valence-electron chi connectivity index (χ3n) is 1.65. The van der Waals surface area contributed by atoms with Crippen molar-refractivity contribution in [2.24, 2.45) is 0 Å². The monoisotopic (exact) mass is 188 g/mol. The Morgan fingerprint density at radius 3 is 2.71 bits per heavy atom. The van der Waals surface area contributed by atoms with Crippen LogP contribution in [0.3, 0.4) is 0 Å². The molecule has 2 rings (SSSR count). The lowest BCUT2D eigenvalue weighted by Crippen LogP contribution is -1.87. The molecule has 1 aromatic carbocycles. The number of halogens is 1. The average Bonchev–Trinajstić information content (AvgIpc) is 2.23. The predicted octanol–water partition coefficient (Wildman–Crippen LogP) is 2.81. The average molecular weight is 188 g/mol. The minimum Gasteiger partial charge on any atom is -0.454 e. The smallest absolute Gasteiger partial charge is 0.173 e. The van der Waals surface area contributed by atoms with Crippen LogP contribution in [0, 0.1) is 11.9 Å². The van der Waals surface area contributed by atoms with Crippen molar-refractivity contribution >= 4 is 0 Å². The fraction of sp³-hybridized carbons (Fsp3) is 0. The van der Waals surface area contributed by atoms with Crippen molar-refractivity contribution in [2.45, 2.75) is 0 Å². The van der Waals surface area contributed by atoms with Crippen molar-refractivity contribution in [1.82, 2.24) is 4.98 Å². The first-order valence-corrected chi connectivity index (χ1v) is 4.10. The van der Waals surface area contributed by atoms with Crippen molar-refractivity contribution in [1.29, 1.82) is 0 Å². The Morgan fingerprint density at radius 2 is 2.00 bits per heavy atom. The molecule has 0 saturated heterocycles. The maximum absolute atomic E-state index is 13.1. The molecule has 0 amide bonds. The van der Waals surface area contributed by atoms with E-state index in [4.69, 9.17) is 4.74 Å². The van der Waals surface area contributed by atoms with Crippen molar-refractivity contribution in [3.05, 3.63) is 54.6 Å². The lowest BCUT2D eigenvalue weighted by atomic mass is 10.3. The molecule has 1 heterocycles. The largest absolute Gasteiger partial charge is 0.454 e. The maximum atomic E-state index is 13.1. The van der Waals surface area contributed by atoms with Crippen LogP contribution in [-0.4, -0.2) is 4.98 Å². The van der Waals surface area contributed by atoms with Crippen LogP contribution in [0.1, 0.15) is 0 Å². The van der Waals surface area contributed by atoms with Crippen molar-refractivity contribution in [3.8, 4) is 11.5 Å². The van der Waals surface area contributed by atoms with Crippen LogP contribution >= 0.6 is 0 Å². The van der Waals surface area contributed by atoms with Gasteiger partial charge in [-0.25, -0.2) is 4.39 Å². The Labute approximate surface area is 81.0 Å². The normalized spacial score (nSPS) is 9.79. The van der Waals surface area contributed by atoms with Crippen LogP contribution in [-0.2, 0) is 0 Å². The highest BCUT2D eigenvalue weighted by Crippen LogP contribution is 2.22. The molecular formula is C11H7FNO. The summed E-state index contributed by atoms with van der Waals surface area (Å²) in [6.07, 6.45) is 3.17. The summed E-state index contributed by atoms with van der Waals surface area (Å²) in [6, 6.07) is 10.4. The molecule has 0 atom stereocenters. The zero-order chi connectivity index (χ0) is 9.80. The van der Waals surface area contributed by atoms with Gasteiger partial charge in [-0.2, -0.15) is 0 Å². The van der Waals surface area contributed by atoms with Crippen molar-refractivity contribution in [3.63, 3.8) is 0 Å². The van der Waals surface area contributed by atoms with Gasteiger partial charge in [-0.15, -0.1) is 0 Å². The Bertz CT molecular complexity index is 417. The van der Waals surface area contributed by atoms with Gasteiger partial charge in [-0.05, 0) is 18.2 Å². The van der Waals surface area contributed by atoms with Gasteiger partial charge < -0.3 is 4.74 Å². The molecule has 1 aromatic heterocycles. The molecule has 0 spiro atoms. The second kappa shape index (κ2) is 3.87. The van der Waals surface area contributed by atoms with Crippen LogP contribution in [0.5, 0.6) is 11.5 Å². The number of nitrogens with zero attached hydrogens (tertiary/aromatic N) is 1. The number of rotatable bonds is 2. The van der Waals surface area contributed by atoms with Gasteiger partial charge in [0.15, 0.2) is 11.6 Å². The summed E-state index contributed by atoms with van der Waals surface area (Å²) in [4.78, 5) is 3.83. The van der Waals surface area contributed by atoms with Gasteiger partial charge in [-0.1, -0.05) is 12.1 Å². The third-order valence-corrected chi connectivity index (χ3v) is 1.65. The van der Waals surface area contributed by atoms with E-state index in [1.54, 1.807) is 36.7 Å². The summed E-state index contributed by atoms with van der Waals surface area (Å²) in [5.41, 5.74) is 0. The molecule has 3 heteroatoms. The van der Waals surface area contributed by atoms with Crippen LogP contribution in [0.4, 0.5) is 4.39 Å². The number of pyridine rings is 1. The van der Waals surface area contributed by atoms with Gasteiger partial charge in [0.1, 0.15) is 5.75 Å². The predicted molar refractivity (Wildman–Crippen MR) is 49.5 cm³/mol. The number of ether oxygens (including phenoxy) is 1. The van der Waals surface area contributed by atoms with Crippen LogP contribution in [0.2, 0.25) is 0 Å². The molecule has 14 heavy (non-hydrogen) atoms. The Hall–Kier alpha value is -1.90. The lowest BCUT2D eigenvalue weighted by Gasteiger charge is -2.04. The van der Waals surface area contributed by atoms with Crippen LogP contribution in [0.15, 0.2) is 42.7 Å². The second-order valence-corrected chi connectivity index (χ2v) is 2.63. The number of hydrogen-bond acceptors (Lipinski definition) is 2. The molecule has 0 saturated carbocycles. The molecule has 69 valence electrons. The summed E-state index contributed by atoms with van der Waals surface area (Å²) in [5.74, 6) is 0.224. The van der Waals surface area contributed by atoms with E-state index in [2.05, 4.69) is 11.1 Å². The van der Waals surface area contributed by atoms with E-state index in [1.807, 2.05) is 0 Å². The highest BCUT2D eigenvalue weighted by atomic mass is 19.1. The standard InChI is InChI=1S/C11H7FNO/c12-10-3-1-2-4-11(10)14-9-5-7-13-8-6-9/h1-2,4-8H. The molecule has 0 aliphatic heterocycles. The zero-order valence-corrected chi connectivity index (χ0v) is 7.27. The molecule has 0 aliphatic rings. The first-order chi connectivity index (χ1) is 6.86. The Morgan fingerprint density at radius 1 is 1.21 bits per heavy atom. The molecule has 0 aliphatic carbocycles. The minimum absolute atomic E-state index is 0.165. The summed E-state index contributed by atoms with van der Waals surface area (Å²) in [7, 11) is 0. The first-order valence-electron chi connectivity index (χ1n) is 4.10. The lowest BCUT2D eigenvalue weighted by molar-refractivity contribution is 0.441. The summed E-state index contributed by atoms with van der Waals surface area (Å²) in [5, 5.41) is 0. The number of aromatic nitrogens is 1. The molecule has 2 aromatic rings. The molecule has 2 nitrogen and oxygen atoms in total. The van der Waals surface area contributed by atoms with Gasteiger partial charge in [0, 0.05) is 18.5 Å². The minimum atomic E-state index is -0.496.